The van der Waals surface area contributed by atoms with E-state index >= 15 is 0 Å². The van der Waals surface area contributed by atoms with Crippen molar-refractivity contribution >= 4 is 49.6 Å². The molecule has 0 aromatic heterocycles. The van der Waals surface area contributed by atoms with Gasteiger partial charge >= 0.3 is 0 Å². The molecule has 4 aliphatic rings. The van der Waals surface area contributed by atoms with Crippen molar-refractivity contribution in [3.8, 4) is 46.0 Å². The van der Waals surface area contributed by atoms with Gasteiger partial charge in [-0.3, -0.25) is 0 Å². The first-order valence-corrected chi connectivity index (χ1v) is 22.1. The van der Waals surface area contributed by atoms with E-state index in [2.05, 4.69) is 35.1 Å². The van der Waals surface area contributed by atoms with Crippen molar-refractivity contribution in [3.05, 3.63) is 93.0 Å². The molecule has 20 heteroatoms. The van der Waals surface area contributed by atoms with E-state index < -0.39 is 0 Å². The standard InChI is InChI=1S/C48H62N4O8.4ClH.4H2O/c1-3-25(23-31(45-41-27(15-19-49-45)33(53)7-11-37(41)57)46-42-28(16-20-50-46)34(54)8-12-38(42)58)5-6-26(4-2)24-32(47-43-29(17-21-51-47)35(55)9-13-39(43)59)48-44-30(18-22-52-48)36(56)10-14-40(44)60;;;;;;;;/h7-14,25-26,31-32,45-60H,3-6,15-24H2,1-2H3;4*1H;4*1H2. The summed E-state index contributed by atoms with van der Waals surface area (Å²) in [4.78, 5) is 0. The second-order valence-electron chi connectivity index (χ2n) is 17.6. The first-order valence-electron chi connectivity index (χ1n) is 22.1. The zero-order valence-electron chi connectivity index (χ0n) is 38.3. The minimum atomic E-state index is -0.338. The third kappa shape index (κ3) is 12.3. The molecule has 8 rings (SSSR count). The predicted octanol–water partition coefficient (Wildman–Crippen LogP) is 5.41. The molecule has 0 amide bonds. The minimum absolute atomic E-state index is 0. The zero-order valence-corrected chi connectivity index (χ0v) is 41.6. The van der Waals surface area contributed by atoms with Gasteiger partial charge in [0.25, 0.3) is 0 Å². The minimum Gasteiger partial charge on any atom is -0.508 e. The van der Waals surface area contributed by atoms with Crippen LogP contribution in [-0.4, -0.2) is 88.9 Å². The molecule has 0 spiro atoms. The molecule has 68 heavy (non-hydrogen) atoms. The summed E-state index contributed by atoms with van der Waals surface area (Å²) in [6, 6.07) is 11.1. The Morgan fingerprint density at radius 1 is 0.382 bits per heavy atom. The Kier molecular flexibility index (Phi) is 25.9. The van der Waals surface area contributed by atoms with Crippen LogP contribution >= 0.6 is 49.6 Å². The van der Waals surface area contributed by atoms with Crippen LogP contribution in [0.25, 0.3) is 0 Å². The van der Waals surface area contributed by atoms with E-state index in [0.717, 1.165) is 60.8 Å². The molecule has 386 valence electrons. The quantitative estimate of drug-likeness (QED) is 0.0748. The summed E-state index contributed by atoms with van der Waals surface area (Å²) >= 11 is 0. The number of hydrogen-bond acceptors (Lipinski definition) is 12. The normalized spacial score (nSPS) is 20.3. The van der Waals surface area contributed by atoms with Crippen molar-refractivity contribution in [2.75, 3.05) is 26.2 Å². The van der Waals surface area contributed by atoms with Crippen molar-refractivity contribution < 1.29 is 62.8 Å². The van der Waals surface area contributed by atoms with Crippen LogP contribution in [0.3, 0.4) is 0 Å². The van der Waals surface area contributed by atoms with Gasteiger partial charge in [0.05, 0.1) is 0 Å². The van der Waals surface area contributed by atoms with E-state index in [1.54, 1.807) is 48.5 Å². The average molecular weight is 1040 g/mol. The van der Waals surface area contributed by atoms with Crippen molar-refractivity contribution in [2.45, 2.75) is 102 Å². The lowest BCUT2D eigenvalue weighted by atomic mass is 9.70. The SMILES string of the molecule is CCC(CCC(CC)CC(C1NCCc2c(O)ccc(O)c21)C1NCCc2c(O)ccc(O)c21)CC(C1NCCc2c(O)ccc(O)c21)C1NCCc2c(O)ccc(O)c21.Cl.Cl.Cl.Cl.O.O.O.O. The summed E-state index contributed by atoms with van der Waals surface area (Å²) in [5.74, 6) is 1.30. The van der Waals surface area contributed by atoms with Crippen LogP contribution in [0, 0.1) is 23.7 Å². The second-order valence-corrected chi connectivity index (χ2v) is 17.6. The molecule has 4 aromatic carbocycles. The Morgan fingerprint density at radius 2 is 0.588 bits per heavy atom. The third-order valence-electron chi connectivity index (χ3n) is 14.5. The summed E-state index contributed by atoms with van der Waals surface area (Å²) in [6.45, 7) is 6.88. The van der Waals surface area contributed by atoms with Crippen LogP contribution in [0.2, 0.25) is 0 Å². The van der Waals surface area contributed by atoms with Gasteiger partial charge in [0, 0.05) is 68.7 Å². The monoisotopic (exact) mass is 1040 g/mol. The van der Waals surface area contributed by atoms with Gasteiger partial charge in [0.1, 0.15) is 46.0 Å². The number of nitrogens with one attached hydrogen (secondary N) is 4. The van der Waals surface area contributed by atoms with Gasteiger partial charge < -0.3 is 84.0 Å². The third-order valence-corrected chi connectivity index (χ3v) is 14.5. The lowest BCUT2D eigenvalue weighted by Crippen LogP contribution is -2.44. The number of rotatable bonds is 13. The molecule has 0 fully saturated rings. The molecule has 0 radical (unpaired) electrons. The highest BCUT2D eigenvalue weighted by Gasteiger charge is 2.43. The molecule has 0 saturated carbocycles. The highest BCUT2D eigenvalue weighted by Crippen LogP contribution is 2.52. The maximum absolute atomic E-state index is 11.3. The largest absolute Gasteiger partial charge is 0.508 e. The molecule has 6 unspecified atom stereocenters. The number of phenolic OH excluding ortho intramolecular Hbond substituents is 8. The van der Waals surface area contributed by atoms with Crippen LogP contribution in [-0.2, 0) is 25.7 Å². The fraction of sp³-hybridized carbons (Fsp3) is 0.500. The first-order chi connectivity index (χ1) is 29.0. The van der Waals surface area contributed by atoms with Crippen LogP contribution in [0.1, 0.15) is 121 Å². The lowest BCUT2D eigenvalue weighted by molar-refractivity contribution is 0.177. The van der Waals surface area contributed by atoms with Gasteiger partial charge in [-0.05, 0) is 137 Å². The Labute approximate surface area is 422 Å². The van der Waals surface area contributed by atoms with E-state index in [1.807, 2.05) is 0 Å². The van der Waals surface area contributed by atoms with Crippen LogP contribution < -0.4 is 21.3 Å². The number of hydrogen-bond donors (Lipinski definition) is 12. The predicted molar refractivity (Wildman–Crippen MR) is 273 cm³/mol. The highest BCUT2D eigenvalue weighted by molar-refractivity contribution is 5.86. The van der Waals surface area contributed by atoms with Gasteiger partial charge in [-0.2, -0.15) is 0 Å². The Morgan fingerprint density at radius 3 is 0.794 bits per heavy atom. The van der Waals surface area contributed by atoms with Gasteiger partial charge in [-0.1, -0.05) is 39.5 Å². The molecule has 0 saturated heterocycles. The molecule has 4 aromatic rings. The van der Waals surface area contributed by atoms with Crippen LogP contribution in [0.4, 0.5) is 0 Å². The molecule has 4 aliphatic heterocycles. The van der Waals surface area contributed by atoms with Gasteiger partial charge in [0.15, 0.2) is 0 Å². The summed E-state index contributed by atoms with van der Waals surface area (Å²) < 4.78 is 0. The number of phenols is 8. The molecule has 20 N–H and O–H groups in total. The van der Waals surface area contributed by atoms with Crippen molar-refractivity contribution in [1.29, 1.82) is 0 Å². The van der Waals surface area contributed by atoms with Crippen LogP contribution in [0.5, 0.6) is 46.0 Å². The zero-order chi connectivity index (χ0) is 42.2. The summed E-state index contributed by atoms with van der Waals surface area (Å²) in [5, 5.41) is 104. The van der Waals surface area contributed by atoms with Gasteiger partial charge in [0.2, 0.25) is 0 Å². The van der Waals surface area contributed by atoms with E-state index in [-0.39, 0.29) is 165 Å². The van der Waals surface area contributed by atoms with E-state index in [9.17, 15) is 40.9 Å². The first kappa shape index (κ1) is 64.1. The highest BCUT2D eigenvalue weighted by atomic mass is 35.5. The van der Waals surface area contributed by atoms with Crippen molar-refractivity contribution in [3.63, 3.8) is 0 Å². The molecular formula is C48H74Cl4N4O12. The Balaban J connectivity index is 0.00000561. The summed E-state index contributed by atoms with van der Waals surface area (Å²) in [5.41, 5.74) is 5.69. The summed E-state index contributed by atoms with van der Waals surface area (Å²) in [7, 11) is 0. The fourth-order valence-corrected chi connectivity index (χ4v) is 11.4. The van der Waals surface area contributed by atoms with E-state index in [4.69, 9.17) is 0 Å². The Bertz CT molecular complexity index is 1940. The molecule has 16 nitrogen and oxygen atoms in total. The number of benzene rings is 4. The molecule has 0 aliphatic carbocycles. The molecule has 0 bridgehead atoms. The van der Waals surface area contributed by atoms with Crippen molar-refractivity contribution in [2.24, 2.45) is 23.7 Å². The molecule has 6 atom stereocenters. The number of fused-ring (bicyclic) bond motifs is 4. The van der Waals surface area contributed by atoms with Crippen molar-refractivity contribution in [1.82, 2.24) is 21.3 Å². The maximum Gasteiger partial charge on any atom is 0.120 e. The lowest BCUT2D eigenvalue weighted by Gasteiger charge is -2.43. The van der Waals surface area contributed by atoms with Gasteiger partial charge in [-0.25, -0.2) is 0 Å². The van der Waals surface area contributed by atoms with Gasteiger partial charge in [-0.15, -0.1) is 49.6 Å². The topological polar surface area (TPSA) is 336 Å². The molecule has 4 heterocycles. The maximum atomic E-state index is 11.3. The average Bonchev–Trinajstić information content (AvgIpc) is 3.26. The van der Waals surface area contributed by atoms with Crippen LogP contribution in [0.15, 0.2) is 48.5 Å². The summed E-state index contributed by atoms with van der Waals surface area (Å²) in [6.07, 6.45) is 7.36. The smallest absolute Gasteiger partial charge is 0.120 e. The second kappa shape index (κ2) is 27.5. The van der Waals surface area contributed by atoms with E-state index in [0.29, 0.717) is 74.1 Å². The fourth-order valence-electron chi connectivity index (χ4n) is 11.4. The molecular weight excluding hydrogens is 966 g/mol. The number of aromatic hydroxyl groups is 8. The van der Waals surface area contributed by atoms with E-state index in [1.165, 1.54) is 0 Å². The Hall–Kier alpha value is -3.88. The number of halogens is 4.